The molecule has 1 N–H and O–H groups in total. The van der Waals surface area contributed by atoms with Crippen molar-refractivity contribution in [3.05, 3.63) is 67.4 Å². The van der Waals surface area contributed by atoms with Gasteiger partial charge in [0.15, 0.2) is 5.69 Å². The van der Waals surface area contributed by atoms with Crippen LogP contribution in [0.2, 0.25) is 20.1 Å². The third-order valence-electron chi connectivity index (χ3n) is 3.82. The summed E-state index contributed by atoms with van der Waals surface area (Å²) in [5, 5.41) is 7.25. The molecule has 0 aliphatic heterocycles. The van der Waals surface area contributed by atoms with E-state index in [1.54, 1.807) is 4.72 Å². The third-order valence-corrected chi connectivity index (χ3v) is 6.48. The fraction of sp³-hybridized carbons (Fsp3) is 0.0625. The largest absolute Gasteiger partial charge is 0.287 e. The Morgan fingerprint density at radius 2 is 1.60 bits per heavy atom. The summed E-state index contributed by atoms with van der Waals surface area (Å²) in [5.74, 6) is -3.80. The summed E-state index contributed by atoms with van der Waals surface area (Å²) in [6.07, 6.45) is 0. The average molecular weight is 516 g/mol. The van der Waals surface area contributed by atoms with Gasteiger partial charge in [-0.3, -0.25) is 4.79 Å². The molecule has 14 heteroatoms. The minimum atomic E-state index is -4.74. The van der Waals surface area contributed by atoms with Gasteiger partial charge in [-0.2, -0.15) is 0 Å². The van der Waals surface area contributed by atoms with Crippen LogP contribution < -0.4 is 4.72 Å². The van der Waals surface area contributed by atoms with E-state index >= 15 is 0 Å². The second-order valence-corrected chi connectivity index (χ2v) is 9.06. The third kappa shape index (κ3) is 4.23. The lowest BCUT2D eigenvalue weighted by atomic mass is 10.3. The molecule has 0 spiro atoms. The Bertz CT molecular complexity index is 1300. The van der Waals surface area contributed by atoms with Crippen LogP contribution in [0, 0.1) is 18.6 Å². The summed E-state index contributed by atoms with van der Waals surface area (Å²) in [6.45, 7) is 1.41. The van der Waals surface area contributed by atoms with Crippen LogP contribution >= 0.6 is 46.4 Å². The molecular weight excluding hydrogens is 508 g/mol. The van der Waals surface area contributed by atoms with Crippen molar-refractivity contribution in [2.24, 2.45) is 0 Å². The number of rotatable bonds is 4. The van der Waals surface area contributed by atoms with E-state index < -0.39 is 43.2 Å². The standard InChI is InChI=1S/C16H8Cl4F2N4O3S/c1-6-15(23-25-26(6)13-3-8(18)7(17)2-10(13)20)16(27)24-30(28,29)14-4-9(19)11(21)5-12(14)22/h2-5H,1H3,(H,24,27). The monoisotopic (exact) mass is 514 g/mol. The van der Waals surface area contributed by atoms with Crippen molar-refractivity contribution in [2.45, 2.75) is 11.8 Å². The van der Waals surface area contributed by atoms with E-state index in [9.17, 15) is 22.0 Å². The smallest absolute Gasteiger partial charge is 0.266 e. The van der Waals surface area contributed by atoms with E-state index in [0.717, 1.165) is 4.68 Å². The van der Waals surface area contributed by atoms with Crippen molar-refractivity contribution in [3.63, 3.8) is 0 Å². The van der Waals surface area contributed by atoms with Crippen LogP contribution in [-0.2, 0) is 10.0 Å². The number of halogens is 6. The van der Waals surface area contributed by atoms with Gasteiger partial charge in [-0.15, -0.1) is 5.10 Å². The number of carbonyl (C=O) groups excluding carboxylic acids is 1. The molecule has 1 amide bonds. The van der Waals surface area contributed by atoms with Gasteiger partial charge < -0.3 is 0 Å². The molecule has 0 atom stereocenters. The number of sulfonamides is 1. The molecule has 158 valence electrons. The number of carbonyl (C=O) groups is 1. The van der Waals surface area contributed by atoms with Crippen LogP contribution in [0.5, 0.6) is 0 Å². The van der Waals surface area contributed by atoms with Crippen molar-refractivity contribution in [3.8, 4) is 5.69 Å². The van der Waals surface area contributed by atoms with Crippen LogP contribution in [0.15, 0.2) is 29.2 Å². The minimum absolute atomic E-state index is 0.0978. The van der Waals surface area contributed by atoms with Crippen LogP contribution in [0.3, 0.4) is 0 Å². The van der Waals surface area contributed by atoms with Crippen molar-refractivity contribution in [2.75, 3.05) is 0 Å². The molecule has 0 unspecified atom stereocenters. The minimum Gasteiger partial charge on any atom is -0.266 e. The Balaban J connectivity index is 1.96. The van der Waals surface area contributed by atoms with E-state index in [1.807, 2.05) is 0 Å². The quantitative estimate of drug-likeness (QED) is 0.513. The maximum Gasteiger partial charge on any atom is 0.287 e. The zero-order valence-corrected chi connectivity index (χ0v) is 18.4. The molecule has 0 aliphatic carbocycles. The molecule has 3 rings (SSSR count). The highest BCUT2D eigenvalue weighted by Gasteiger charge is 2.27. The van der Waals surface area contributed by atoms with Crippen molar-refractivity contribution in [1.29, 1.82) is 0 Å². The summed E-state index contributed by atoms with van der Waals surface area (Å²) >= 11 is 23.5. The molecule has 0 aliphatic rings. The van der Waals surface area contributed by atoms with E-state index in [-0.39, 0.29) is 32.5 Å². The van der Waals surface area contributed by atoms with Gasteiger partial charge in [0.05, 0.1) is 31.5 Å². The highest BCUT2D eigenvalue weighted by molar-refractivity contribution is 7.90. The molecule has 0 radical (unpaired) electrons. The first-order valence-electron chi connectivity index (χ1n) is 7.71. The van der Waals surface area contributed by atoms with E-state index in [2.05, 4.69) is 10.3 Å². The first-order valence-corrected chi connectivity index (χ1v) is 10.7. The number of nitrogens with zero attached hydrogens (tertiary/aromatic N) is 3. The molecule has 3 aromatic rings. The lowest BCUT2D eigenvalue weighted by Crippen LogP contribution is -2.32. The first-order chi connectivity index (χ1) is 13.9. The predicted octanol–water partition coefficient (Wildman–Crippen LogP) is 4.59. The van der Waals surface area contributed by atoms with Gasteiger partial charge in [0.2, 0.25) is 0 Å². The number of benzene rings is 2. The molecule has 0 saturated carbocycles. The van der Waals surface area contributed by atoms with Gasteiger partial charge in [0, 0.05) is 6.07 Å². The molecule has 2 aromatic carbocycles. The number of aromatic nitrogens is 3. The lowest BCUT2D eigenvalue weighted by molar-refractivity contribution is 0.0976. The summed E-state index contributed by atoms with van der Waals surface area (Å²) in [5.41, 5.74) is -0.0655. The summed E-state index contributed by atoms with van der Waals surface area (Å²) in [4.78, 5) is 11.4. The fourth-order valence-electron chi connectivity index (χ4n) is 2.38. The molecule has 7 nitrogen and oxygen atoms in total. The van der Waals surface area contributed by atoms with E-state index in [1.165, 1.54) is 19.1 Å². The van der Waals surface area contributed by atoms with Crippen molar-refractivity contribution in [1.82, 2.24) is 19.7 Å². The predicted molar refractivity (Wildman–Crippen MR) is 107 cm³/mol. The molecule has 1 heterocycles. The molecule has 0 bridgehead atoms. The van der Waals surface area contributed by atoms with Gasteiger partial charge in [0.25, 0.3) is 15.9 Å². The SMILES string of the molecule is Cc1c(C(=O)NS(=O)(=O)c2cc(Cl)c(F)cc2F)nnn1-c1cc(Cl)c(Cl)cc1Cl. The molecule has 30 heavy (non-hydrogen) atoms. The van der Waals surface area contributed by atoms with Crippen molar-refractivity contribution >= 4 is 62.3 Å². The Labute approximate surface area is 188 Å². The Morgan fingerprint density at radius 1 is 0.967 bits per heavy atom. The van der Waals surface area contributed by atoms with Gasteiger partial charge in [0.1, 0.15) is 16.5 Å². The molecule has 0 saturated heterocycles. The summed E-state index contributed by atoms with van der Waals surface area (Å²) in [6, 6.07) is 3.56. The van der Waals surface area contributed by atoms with Crippen LogP contribution in [-0.4, -0.2) is 29.3 Å². The van der Waals surface area contributed by atoms with E-state index in [4.69, 9.17) is 46.4 Å². The average Bonchev–Trinajstić information content (AvgIpc) is 3.02. The van der Waals surface area contributed by atoms with Crippen molar-refractivity contribution < 1.29 is 22.0 Å². The van der Waals surface area contributed by atoms with Gasteiger partial charge in [-0.25, -0.2) is 26.6 Å². The number of amides is 1. The summed E-state index contributed by atoms with van der Waals surface area (Å²) < 4.78 is 54.7. The van der Waals surface area contributed by atoms with Gasteiger partial charge in [-0.1, -0.05) is 51.6 Å². The van der Waals surface area contributed by atoms with Gasteiger partial charge in [-0.05, 0) is 25.1 Å². The van der Waals surface area contributed by atoms with E-state index in [0.29, 0.717) is 6.07 Å². The van der Waals surface area contributed by atoms with Gasteiger partial charge >= 0.3 is 0 Å². The second-order valence-electron chi connectivity index (χ2n) is 5.78. The molecule has 1 aromatic heterocycles. The number of hydrogen-bond donors (Lipinski definition) is 1. The number of nitrogens with one attached hydrogen (secondary N) is 1. The topological polar surface area (TPSA) is 93.9 Å². The zero-order chi connectivity index (χ0) is 22.4. The second kappa shape index (κ2) is 8.27. The zero-order valence-electron chi connectivity index (χ0n) is 14.6. The Hall–Kier alpha value is -1.98. The Kier molecular flexibility index (Phi) is 6.26. The van der Waals surface area contributed by atoms with Crippen LogP contribution in [0.1, 0.15) is 16.2 Å². The number of hydrogen-bond acceptors (Lipinski definition) is 5. The first kappa shape index (κ1) is 22.7. The fourth-order valence-corrected chi connectivity index (χ4v) is 4.27. The molecule has 0 fully saturated rings. The summed E-state index contributed by atoms with van der Waals surface area (Å²) in [7, 11) is -4.74. The highest BCUT2D eigenvalue weighted by Crippen LogP contribution is 2.31. The van der Waals surface area contributed by atoms with Crippen LogP contribution in [0.4, 0.5) is 8.78 Å². The maximum absolute atomic E-state index is 13.9. The highest BCUT2D eigenvalue weighted by atomic mass is 35.5. The Morgan fingerprint density at radius 3 is 2.27 bits per heavy atom. The maximum atomic E-state index is 13.9. The normalized spacial score (nSPS) is 11.6. The van der Waals surface area contributed by atoms with Crippen LogP contribution in [0.25, 0.3) is 5.69 Å². The lowest BCUT2D eigenvalue weighted by Gasteiger charge is -2.09. The molecular formula is C16H8Cl4F2N4O3S.